The zero-order valence-corrected chi connectivity index (χ0v) is 12.8. The van der Waals surface area contributed by atoms with E-state index in [4.69, 9.17) is 9.47 Å². The smallest absolute Gasteiger partial charge is 0.231 e. The molecule has 2 heterocycles. The van der Waals surface area contributed by atoms with Gasteiger partial charge in [0.1, 0.15) is 12.2 Å². The van der Waals surface area contributed by atoms with Crippen LogP contribution in [0.15, 0.2) is 22.9 Å². The number of fused-ring (bicyclic) bond motifs is 1. The maximum absolute atomic E-state index is 5.41. The van der Waals surface area contributed by atoms with Gasteiger partial charge in [0.25, 0.3) is 0 Å². The Bertz CT molecular complexity index is 629. The molecule has 1 atom stereocenters. The van der Waals surface area contributed by atoms with Crippen LogP contribution in [0.4, 0.5) is 0 Å². The second-order valence-corrected chi connectivity index (χ2v) is 5.57. The van der Waals surface area contributed by atoms with Gasteiger partial charge in [0.05, 0.1) is 10.5 Å². The summed E-state index contributed by atoms with van der Waals surface area (Å²) in [6.45, 7) is 3.05. The van der Waals surface area contributed by atoms with Gasteiger partial charge in [-0.1, -0.05) is 0 Å². The van der Waals surface area contributed by atoms with Crippen molar-refractivity contribution in [3.63, 3.8) is 0 Å². The summed E-state index contributed by atoms with van der Waals surface area (Å²) in [6, 6.07) is 4.14. The van der Waals surface area contributed by atoms with Gasteiger partial charge in [0.15, 0.2) is 11.5 Å². The number of ether oxygens (including phenoxy) is 2. The first-order valence-electron chi connectivity index (χ1n) is 6.30. The molecule has 106 valence electrons. The summed E-state index contributed by atoms with van der Waals surface area (Å²) in [6.07, 6.45) is 1.70. The second kappa shape index (κ2) is 5.41. The number of benzene rings is 1. The lowest BCUT2D eigenvalue weighted by Crippen LogP contribution is -2.21. The van der Waals surface area contributed by atoms with Gasteiger partial charge in [-0.05, 0) is 40.5 Å². The standard InChI is InChI=1S/C13H15BrN4O2/c1-8(13-17-16-6-18(13)2)15-5-9-3-10(14)12-11(4-9)19-7-20-12/h3-4,6,8,15H,5,7H2,1-2H3. The van der Waals surface area contributed by atoms with E-state index in [1.165, 1.54) is 0 Å². The van der Waals surface area contributed by atoms with E-state index in [1.807, 2.05) is 23.7 Å². The number of aryl methyl sites for hydroxylation is 1. The highest BCUT2D eigenvalue weighted by molar-refractivity contribution is 9.10. The highest BCUT2D eigenvalue weighted by Gasteiger charge is 2.18. The number of halogens is 1. The average Bonchev–Trinajstić information content (AvgIpc) is 3.04. The molecule has 0 aliphatic carbocycles. The molecule has 0 fully saturated rings. The van der Waals surface area contributed by atoms with E-state index in [-0.39, 0.29) is 12.8 Å². The van der Waals surface area contributed by atoms with Crippen molar-refractivity contribution in [1.29, 1.82) is 0 Å². The van der Waals surface area contributed by atoms with Crippen LogP contribution in [-0.2, 0) is 13.6 Å². The molecule has 1 aromatic heterocycles. The third kappa shape index (κ3) is 2.51. The Morgan fingerprint density at radius 2 is 2.30 bits per heavy atom. The van der Waals surface area contributed by atoms with Gasteiger partial charge >= 0.3 is 0 Å². The molecule has 1 unspecified atom stereocenters. The summed E-state index contributed by atoms with van der Waals surface area (Å²) in [4.78, 5) is 0. The lowest BCUT2D eigenvalue weighted by molar-refractivity contribution is 0.173. The molecule has 1 aromatic carbocycles. The minimum Gasteiger partial charge on any atom is -0.454 e. The van der Waals surface area contributed by atoms with Crippen molar-refractivity contribution in [2.24, 2.45) is 7.05 Å². The Hall–Kier alpha value is -1.60. The van der Waals surface area contributed by atoms with Crippen molar-refractivity contribution in [2.75, 3.05) is 6.79 Å². The fourth-order valence-corrected chi connectivity index (χ4v) is 2.77. The molecule has 3 rings (SSSR count). The molecule has 0 amide bonds. The average molecular weight is 339 g/mol. The van der Waals surface area contributed by atoms with Crippen molar-refractivity contribution >= 4 is 15.9 Å². The van der Waals surface area contributed by atoms with Crippen LogP contribution >= 0.6 is 15.9 Å². The Labute approximate surface area is 125 Å². The maximum Gasteiger partial charge on any atom is 0.231 e. The second-order valence-electron chi connectivity index (χ2n) is 4.71. The maximum atomic E-state index is 5.41. The number of aromatic nitrogens is 3. The summed E-state index contributed by atoms with van der Waals surface area (Å²) in [7, 11) is 1.94. The molecule has 1 N–H and O–H groups in total. The zero-order chi connectivity index (χ0) is 14.1. The first-order chi connectivity index (χ1) is 9.65. The van der Waals surface area contributed by atoms with Crippen molar-refractivity contribution in [2.45, 2.75) is 19.5 Å². The van der Waals surface area contributed by atoms with Crippen LogP contribution in [0.3, 0.4) is 0 Å². The van der Waals surface area contributed by atoms with Crippen molar-refractivity contribution in [3.8, 4) is 11.5 Å². The summed E-state index contributed by atoms with van der Waals surface area (Å²) < 4.78 is 13.6. The number of hydrogen-bond donors (Lipinski definition) is 1. The van der Waals surface area contributed by atoms with E-state index in [0.717, 1.165) is 27.4 Å². The fraction of sp³-hybridized carbons (Fsp3) is 0.385. The summed E-state index contributed by atoms with van der Waals surface area (Å²) >= 11 is 3.50. The number of hydrogen-bond acceptors (Lipinski definition) is 5. The predicted octanol–water partition coefficient (Wildman–Crippen LogP) is 2.16. The minimum atomic E-state index is 0.117. The van der Waals surface area contributed by atoms with E-state index < -0.39 is 0 Å². The van der Waals surface area contributed by atoms with Crippen LogP contribution in [-0.4, -0.2) is 21.6 Å². The SMILES string of the molecule is CC(NCc1cc(Br)c2c(c1)OCO2)c1nncn1C. The molecule has 1 aliphatic rings. The van der Waals surface area contributed by atoms with E-state index in [9.17, 15) is 0 Å². The molecule has 0 bridgehead atoms. The Balaban J connectivity index is 1.70. The van der Waals surface area contributed by atoms with Gasteiger partial charge in [-0.3, -0.25) is 0 Å². The van der Waals surface area contributed by atoms with Gasteiger partial charge in [0.2, 0.25) is 6.79 Å². The number of nitrogens with zero attached hydrogens (tertiary/aromatic N) is 3. The quantitative estimate of drug-likeness (QED) is 0.925. The molecule has 0 spiro atoms. The summed E-state index contributed by atoms with van der Waals surface area (Å²) in [5, 5.41) is 11.4. The minimum absolute atomic E-state index is 0.117. The lowest BCUT2D eigenvalue weighted by Gasteiger charge is -2.13. The first kappa shape index (κ1) is 13.4. The van der Waals surface area contributed by atoms with Crippen LogP contribution in [0.2, 0.25) is 0 Å². The normalized spacial score (nSPS) is 14.6. The molecule has 0 radical (unpaired) electrons. The summed E-state index contributed by atoms with van der Waals surface area (Å²) in [5.41, 5.74) is 1.12. The third-order valence-electron chi connectivity index (χ3n) is 3.23. The Morgan fingerprint density at radius 1 is 1.45 bits per heavy atom. The Kier molecular flexibility index (Phi) is 3.62. The molecule has 20 heavy (non-hydrogen) atoms. The van der Waals surface area contributed by atoms with E-state index in [1.54, 1.807) is 6.33 Å². The fourth-order valence-electron chi connectivity index (χ4n) is 2.17. The van der Waals surface area contributed by atoms with Crippen LogP contribution in [0.5, 0.6) is 11.5 Å². The third-order valence-corrected chi connectivity index (χ3v) is 3.82. The Morgan fingerprint density at radius 3 is 3.05 bits per heavy atom. The van der Waals surface area contributed by atoms with Crippen LogP contribution in [0, 0.1) is 0 Å². The highest BCUT2D eigenvalue weighted by atomic mass is 79.9. The van der Waals surface area contributed by atoms with E-state index >= 15 is 0 Å². The van der Waals surface area contributed by atoms with Gasteiger partial charge in [-0.2, -0.15) is 0 Å². The topological polar surface area (TPSA) is 61.2 Å². The highest BCUT2D eigenvalue weighted by Crippen LogP contribution is 2.39. The van der Waals surface area contributed by atoms with Crippen LogP contribution < -0.4 is 14.8 Å². The van der Waals surface area contributed by atoms with E-state index in [2.05, 4.69) is 38.4 Å². The van der Waals surface area contributed by atoms with E-state index in [0.29, 0.717) is 6.54 Å². The van der Waals surface area contributed by atoms with Crippen molar-refractivity contribution in [3.05, 3.63) is 34.3 Å². The van der Waals surface area contributed by atoms with Crippen molar-refractivity contribution in [1.82, 2.24) is 20.1 Å². The molecular weight excluding hydrogens is 324 g/mol. The molecule has 0 saturated carbocycles. The molecule has 1 aliphatic heterocycles. The van der Waals surface area contributed by atoms with Crippen LogP contribution in [0.1, 0.15) is 24.4 Å². The van der Waals surface area contributed by atoms with Gasteiger partial charge < -0.3 is 19.4 Å². The summed E-state index contributed by atoms with van der Waals surface area (Å²) in [5.74, 6) is 2.46. The van der Waals surface area contributed by atoms with Gasteiger partial charge in [0, 0.05) is 13.6 Å². The molecule has 6 nitrogen and oxygen atoms in total. The van der Waals surface area contributed by atoms with Crippen LogP contribution in [0.25, 0.3) is 0 Å². The number of rotatable bonds is 4. The first-order valence-corrected chi connectivity index (χ1v) is 7.09. The van der Waals surface area contributed by atoms with Gasteiger partial charge in [-0.25, -0.2) is 0 Å². The molecule has 7 heteroatoms. The largest absolute Gasteiger partial charge is 0.454 e. The van der Waals surface area contributed by atoms with Gasteiger partial charge in [-0.15, -0.1) is 10.2 Å². The molecule has 2 aromatic rings. The monoisotopic (exact) mass is 338 g/mol. The number of nitrogens with one attached hydrogen (secondary N) is 1. The molecular formula is C13H15BrN4O2. The molecule has 0 saturated heterocycles. The van der Waals surface area contributed by atoms with Crippen molar-refractivity contribution < 1.29 is 9.47 Å². The zero-order valence-electron chi connectivity index (χ0n) is 11.3. The predicted molar refractivity (Wildman–Crippen MR) is 76.5 cm³/mol. The lowest BCUT2D eigenvalue weighted by atomic mass is 10.2.